The lowest BCUT2D eigenvalue weighted by molar-refractivity contribution is 0.0787. The summed E-state index contributed by atoms with van der Waals surface area (Å²) in [4.78, 5) is 14.9. The van der Waals surface area contributed by atoms with Gasteiger partial charge in [0.05, 0.1) is 5.69 Å². The van der Waals surface area contributed by atoms with Crippen molar-refractivity contribution in [3.05, 3.63) is 28.1 Å². The monoisotopic (exact) mass is 310 g/mol. The Labute approximate surface area is 125 Å². The number of amides is 1. The van der Waals surface area contributed by atoms with E-state index in [1.54, 1.807) is 17.0 Å². The van der Waals surface area contributed by atoms with Gasteiger partial charge in [0, 0.05) is 40.7 Å². The van der Waals surface area contributed by atoms with Gasteiger partial charge in [-0.05, 0) is 24.6 Å². The van der Waals surface area contributed by atoms with Crippen molar-refractivity contribution in [3.63, 3.8) is 0 Å². The van der Waals surface area contributed by atoms with E-state index in [0.29, 0.717) is 28.7 Å². The summed E-state index contributed by atoms with van der Waals surface area (Å²) in [6, 6.07) is 5.47. The Morgan fingerprint density at radius 1 is 1.55 bits per heavy atom. The van der Waals surface area contributed by atoms with E-state index in [1.165, 1.54) is 11.3 Å². The van der Waals surface area contributed by atoms with Crippen LogP contribution in [0.3, 0.4) is 0 Å². The van der Waals surface area contributed by atoms with E-state index in [-0.39, 0.29) is 18.4 Å². The third-order valence-electron chi connectivity index (χ3n) is 3.71. The number of aliphatic hydroxyl groups excluding tert-OH is 1. The van der Waals surface area contributed by atoms with Crippen molar-refractivity contribution in [2.75, 3.05) is 25.4 Å². The second-order valence-corrected chi connectivity index (χ2v) is 6.56. The number of aliphatic hydroxyl groups is 1. The first kappa shape index (κ1) is 13.7. The van der Waals surface area contributed by atoms with Crippen molar-refractivity contribution in [1.82, 2.24) is 4.90 Å². The molecule has 1 fully saturated rings. The molecule has 1 saturated heterocycles. The van der Waals surface area contributed by atoms with Gasteiger partial charge in [-0.2, -0.15) is 0 Å². The molecule has 2 aromatic rings. The maximum Gasteiger partial charge on any atom is 0.266 e. The van der Waals surface area contributed by atoms with Crippen molar-refractivity contribution in [2.24, 2.45) is 5.92 Å². The van der Waals surface area contributed by atoms with Crippen LogP contribution >= 0.6 is 22.9 Å². The number of nitrogens with zero attached hydrogens (tertiary/aromatic N) is 1. The molecule has 1 aromatic heterocycles. The van der Waals surface area contributed by atoms with E-state index in [0.717, 1.165) is 16.5 Å². The fraction of sp³-hybridized carbons (Fsp3) is 0.357. The molecule has 0 spiro atoms. The molecule has 0 radical (unpaired) electrons. The molecule has 1 atom stereocenters. The van der Waals surface area contributed by atoms with E-state index in [2.05, 4.69) is 0 Å². The summed E-state index contributed by atoms with van der Waals surface area (Å²) in [5.41, 5.74) is 6.60. The Morgan fingerprint density at radius 3 is 3.05 bits per heavy atom. The third kappa shape index (κ3) is 2.26. The minimum Gasteiger partial charge on any atom is -0.397 e. The van der Waals surface area contributed by atoms with E-state index in [1.807, 2.05) is 6.07 Å². The Bertz CT molecular complexity index is 670. The van der Waals surface area contributed by atoms with Crippen molar-refractivity contribution in [3.8, 4) is 0 Å². The first-order chi connectivity index (χ1) is 9.60. The first-order valence-corrected chi connectivity index (χ1v) is 7.67. The number of nitrogens with two attached hydrogens (primary N) is 1. The number of carbonyl (C=O) groups is 1. The van der Waals surface area contributed by atoms with Gasteiger partial charge in [-0.15, -0.1) is 11.3 Å². The molecule has 20 heavy (non-hydrogen) atoms. The minimum absolute atomic E-state index is 0.0456. The van der Waals surface area contributed by atoms with Gasteiger partial charge in [0.2, 0.25) is 0 Å². The zero-order chi connectivity index (χ0) is 14.3. The lowest BCUT2D eigenvalue weighted by Gasteiger charge is -2.15. The van der Waals surface area contributed by atoms with Crippen LogP contribution < -0.4 is 5.73 Å². The van der Waals surface area contributed by atoms with Gasteiger partial charge in [-0.3, -0.25) is 4.79 Å². The zero-order valence-electron chi connectivity index (χ0n) is 10.8. The van der Waals surface area contributed by atoms with Gasteiger partial charge < -0.3 is 15.7 Å². The van der Waals surface area contributed by atoms with Crippen LogP contribution in [0.2, 0.25) is 5.02 Å². The maximum absolute atomic E-state index is 12.5. The van der Waals surface area contributed by atoms with E-state index < -0.39 is 0 Å². The number of rotatable bonds is 2. The molecule has 3 rings (SSSR count). The average Bonchev–Trinajstić information content (AvgIpc) is 3.04. The Morgan fingerprint density at radius 2 is 2.35 bits per heavy atom. The molecule has 1 aliphatic rings. The van der Waals surface area contributed by atoms with Gasteiger partial charge in [0.1, 0.15) is 4.88 Å². The number of fused-ring (bicyclic) bond motifs is 1. The van der Waals surface area contributed by atoms with Crippen molar-refractivity contribution in [1.29, 1.82) is 0 Å². The lowest BCUT2D eigenvalue weighted by Crippen LogP contribution is -2.29. The molecular weight excluding hydrogens is 296 g/mol. The molecule has 0 saturated carbocycles. The molecule has 1 aromatic carbocycles. The minimum atomic E-state index is -0.0456. The summed E-state index contributed by atoms with van der Waals surface area (Å²) in [5.74, 6) is 0.139. The molecule has 106 valence electrons. The van der Waals surface area contributed by atoms with Gasteiger partial charge >= 0.3 is 0 Å². The largest absolute Gasteiger partial charge is 0.397 e. The smallest absolute Gasteiger partial charge is 0.266 e. The summed E-state index contributed by atoms with van der Waals surface area (Å²) in [6.45, 7) is 1.41. The van der Waals surface area contributed by atoms with Gasteiger partial charge in [0.15, 0.2) is 0 Å². The van der Waals surface area contributed by atoms with E-state index in [4.69, 9.17) is 22.4 Å². The topological polar surface area (TPSA) is 66.6 Å². The van der Waals surface area contributed by atoms with Crippen LogP contribution in [0.1, 0.15) is 16.1 Å². The number of nitrogen functional groups attached to an aromatic ring is 1. The quantitative estimate of drug-likeness (QED) is 0.896. The fourth-order valence-corrected chi connectivity index (χ4v) is 3.80. The molecule has 3 N–H and O–H groups in total. The van der Waals surface area contributed by atoms with Crippen LogP contribution in [0.4, 0.5) is 5.69 Å². The SMILES string of the molecule is Nc1c(C(=O)N2CCC(CO)C2)sc2ccc(Cl)cc12. The van der Waals surface area contributed by atoms with Crippen LogP contribution in [-0.2, 0) is 0 Å². The Balaban J connectivity index is 1.94. The highest BCUT2D eigenvalue weighted by atomic mass is 35.5. The van der Waals surface area contributed by atoms with Gasteiger partial charge in [0.25, 0.3) is 5.91 Å². The van der Waals surface area contributed by atoms with Crippen molar-refractivity contribution < 1.29 is 9.90 Å². The molecule has 1 unspecified atom stereocenters. The van der Waals surface area contributed by atoms with Gasteiger partial charge in [-0.25, -0.2) is 0 Å². The van der Waals surface area contributed by atoms with Crippen LogP contribution in [0.25, 0.3) is 10.1 Å². The van der Waals surface area contributed by atoms with Crippen LogP contribution in [0.5, 0.6) is 0 Å². The second-order valence-electron chi connectivity index (χ2n) is 5.07. The number of halogens is 1. The average molecular weight is 311 g/mol. The van der Waals surface area contributed by atoms with Crippen molar-refractivity contribution >= 4 is 44.6 Å². The predicted molar refractivity (Wildman–Crippen MR) is 82.3 cm³/mol. The fourth-order valence-electron chi connectivity index (χ4n) is 2.56. The molecule has 4 nitrogen and oxygen atoms in total. The van der Waals surface area contributed by atoms with Gasteiger partial charge in [-0.1, -0.05) is 11.6 Å². The number of hydrogen-bond acceptors (Lipinski definition) is 4. The highest BCUT2D eigenvalue weighted by molar-refractivity contribution is 7.21. The Hall–Kier alpha value is -1.30. The summed E-state index contributed by atoms with van der Waals surface area (Å²) < 4.78 is 0.966. The number of thiophene rings is 1. The number of benzene rings is 1. The summed E-state index contributed by atoms with van der Waals surface area (Å²) in [7, 11) is 0. The summed E-state index contributed by atoms with van der Waals surface area (Å²) >= 11 is 7.37. The second kappa shape index (κ2) is 5.24. The summed E-state index contributed by atoms with van der Waals surface area (Å²) in [6.07, 6.45) is 0.846. The number of likely N-dealkylation sites (tertiary alicyclic amines) is 1. The lowest BCUT2D eigenvalue weighted by atomic mass is 10.1. The molecular formula is C14H15ClN2O2S. The van der Waals surface area contributed by atoms with E-state index >= 15 is 0 Å². The number of hydrogen-bond donors (Lipinski definition) is 2. The third-order valence-corrected chi connectivity index (χ3v) is 5.12. The standard InChI is InChI=1S/C14H15ClN2O2S/c15-9-1-2-11-10(5-9)12(16)13(20-11)14(19)17-4-3-8(6-17)7-18/h1-2,5,8,18H,3-4,6-7,16H2. The molecule has 2 heterocycles. The first-order valence-electron chi connectivity index (χ1n) is 6.48. The van der Waals surface area contributed by atoms with Crippen molar-refractivity contribution in [2.45, 2.75) is 6.42 Å². The number of anilines is 1. The van der Waals surface area contributed by atoms with E-state index in [9.17, 15) is 4.79 Å². The predicted octanol–water partition coefficient (Wildman–Crippen LogP) is 2.59. The molecule has 1 amide bonds. The summed E-state index contributed by atoms with van der Waals surface area (Å²) in [5, 5.41) is 10.6. The van der Waals surface area contributed by atoms with Crippen LogP contribution in [0.15, 0.2) is 18.2 Å². The molecule has 1 aliphatic heterocycles. The Kier molecular flexibility index (Phi) is 3.58. The zero-order valence-corrected chi connectivity index (χ0v) is 12.4. The maximum atomic E-state index is 12.5. The molecule has 0 aliphatic carbocycles. The van der Waals surface area contributed by atoms with Crippen LogP contribution in [-0.4, -0.2) is 35.6 Å². The normalized spacial score (nSPS) is 18.9. The van der Waals surface area contributed by atoms with Crippen LogP contribution in [0, 0.1) is 5.92 Å². The molecule has 6 heteroatoms. The number of carbonyl (C=O) groups excluding carboxylic acids is 1. The highest BCUT2D eigenvalue weighted by Gasteiger charge is 2.29. The molecule has 0 bridgehead atoms. The highest BCUT2D eigenvalue weighted by Crippen LogP contribution is 2.36.